The summed E-state index contributed by atoms with van der Waals surface area (Å²) >= 11 is 3.40. The van der Waals surface area contributed by atoms with Crippen LogP contribution in [0, 0.1) is 0 Å². The number of benzene rings is 1. The zero-order chi connectivity index (χ0) is 18.0. The van der Waals surface area contributed by atoms with E-state index in [2.05, 4.69) is 31.6 Å². The van der Waals surface area contributed by atoms with Gasteiger partial charge in [0.1, 0.15) is 22.2 Å². The van der Waals surface area contributed by atoms with Crippen molar-refractivity contribution in [1.82, 2.24) is 10.6 Å². The van der Waals surface area contributed by atoms with Crippen molar-refractivity contribution < 1.29 is 13.2 Å². The van der Waals surface area contributed by atoms with E-state index in [4.69, 9.17) is 4.74 Å². The van der Waals surface area contributed by atoms with Crippen LogP contribution in [0.25, 0.3) is 0 Å². The highest BCUT2D eigenvalue weighted by molar-refractivity contribution is 14.0. The summed E-state index contributed by atoms with van der Waals surface area (Å²) in [5.74, 6) is 1.61. The highest BCUT2D eigenvalue weighted by Crippen LogP contribution is 2.17. The normalized spacial score (nSPS) is 12.9. The van der Waals surface area contributed by atoms with Gasteiger partial charge in [-0.25, -0.2) is 13.4 Å². The lowest BCUT2D eigenvalue weighted by atomic mass is 10.3. The largest absolute Gasteiger partial charge is 0.492 e. The minimum Gasteiger partial charge on any atom is -0.492 e. The van der Waals surface area contributed by atoms with Gasteiger partial charge < -0.3 is 15.4 Å². The van der Waals surface area contributed by atoms with Crippen molar-refractivity contribution >= 4 is 55.7 Å². The maximum absolute atomic E-state index is 11.2. The smallest absolute Gasteiger partial charge is 0.191 e. The number of nitrogens with zero attached hydrogens (tertiary/aromatic N) is 1. The Labute approximate surface area is 176 Å². The van der Waals surface area contributed by atoms with Crippen LogP contribution in [0.4, 0.5) is 0 Å². The van der Waals surface area contributed by atoms with Crippen LogP contribution in [-0.2, 0) is 9.84 Å². The topological polar surface area (TPSA) is 79.8 Å². The second kappa shape index (κ2) is 12.7. The molecular weight excluding hydrogens is 521 g/mol. The Morgan fingerprint density at radius 2 is 2.12 bits per heavy atom. The maximum Gasteiger partial charge on any atom is 0.191 e. The Balaban J connectivity index is 0.00000576. The minimum atomic E-state index is -2.95. The number of guanidine groups is 1. The molecule has 0 saturated heterocycles. The molecule has 0 bridgehead atoms. The number of hydrogen-bond acceptors (Lipinski definition) is 4. The fourth-order valence-electron chi connectivity index (χ4n) is 1.89. The molecular formula is C16H27BrIN3O3S. The predicted octanol–water partition coefficient (Wildman–Crippen LogP) is 2.82. The third kappa shape index (κ3) is 12.4. The number of nitrogens with one attached hydrogen (secondary N) is 2. The Bertz CT molecular complexity index is 641. The number of sulfone groups is 1. The molecule has 1 atom stereocenters. The van der Waals surface area contributed by atoms with Crippen LogP contribution in [0.5, 0.6) is 5.75 Å². The molecule has 0 aliphatic heterocycles. The maximum atomic E-state index is 11.2. The Kier molecular flexibility index (Phi) is 12.5. The molecule has 1 aromatic carbocycles. The molecule has 6 nitrogen and oxygen atoms in total. The van der Waals surface area contributed by atoms with Gasteiger partial charge in [0, 0.05) is 23.3 Å². The van der Waals surface area contributed by atoms with E-state index in [1.54, 1.807) is 0 Å². The second-order valence-electron chi connectivity index (χ2n) is 5.53. The molecule has 0 radical (unpaired) electrons. The Hall–Kier alpha value is -0.550. The SMILES string of the molecule is CCNC(=NCCOc1cccc(Br)c1)NC(C)CCS(C)(=O)=O.I. The van der Waals surface area contributed by atoms with E-state index in [0.717, 1.165) is 16.8 Å². The van der Waals surface area contributed by atoms with Crippen molar-refractivity contribution in [2.75, 3.05) is 31.7 Å². The number of aliphatic imine (C=N–C) groups is 1. The van der Waals surface area contributed by atoms with E-state index in [1.807, 2.05) is 38.1 Å². The van der Waals surface area contributed by atoms with Crippen molar-refractivity contribution in [3.63, 3.8) is 0 Å². The summed E-state index contributed by atoms with van der Waals surface area (Å²) in [6.45, 7) is 5.62. The lowest BCUT2D eigenvalue weighted by molar-refractivity contribution is 0.328. The molecule has 0 fully saturated rings. The van der Waals surface area contributed by atoms with Crippen LogP contribution >= 0.6 is 39.9 Å². The highest BCUT2D eigenvalue weighted by atomic mass is 127. The van der Waals surface area contributed by atoms with Gasteiger partial charge in [-0.2, -0.15) is 0 Å². The summed E-state index contributed by atoms with van der Waals surface area (Å²) in [5, 5.41) is 6.35. The van der Waals surface area contributed by atoms with Gasteiger partial charge >= 0.3 is 0 Å². The molecule has 0 aromatic heterocycles. The molecule has 0 saturated carbocycles. The van der Waals surface area contributed by atoms with Crippen LogP contribution in [0.3, 0.4) is 0 Å². The second-order valence-corrected chi connectivity index (χ2v) is 8.71. The molecule has 0 aliphatic carbocycles. The van der Waals surface area contributed by atoms with E-state index < -0.39 is 9.84 Å². The van der Waals surface area contributed by atoms with Crippen LogP contribution in [0.2, 0.25) is 0 Å². The number of rotatable bonds is 9. The molecule has 0 aliphatic rings. The lowest BCUT2D eigenvalue weighted by Crippen LogP contribution is -2.43. The van der Waals surface area contributed by atoms with Gasteiger partial charge in [-0.3, -0.25) is 0 Å². The van der Waals surface area contributed by atoms with Gasteiger partial charge in [-0.05, 0) is 38.5 Å². The lowest BCUT2D eigenvalue weighted by Gasteiger charge is -2.17. The Morgan fingerprint density at radius 3 is 2.72 bits per heavy atom. The molecule has 9 heteroatoms. The van der Waals surface area contributed by atoms with Crippen molar-refractivity contribution in [2.24, 2.45) is 4.99 Å². The summed E-state index contributed by atoms with van der Waals surface area (Å²) in [6, 6.07) is 7.67. The van der Waals surface area contributed by atoms with Crippen molar-refractivity contribution in [3.05, 3.63) is 28.7 Å². The summed E-state index contributed by atoms with van der Waals surface area (Å²) in [4.78, 5) is 4.44. The molecule has 1 rings (SSSR count). The van der Waals surface area contributed by atoms with E-state index in [0.29, 0.717) is 25.5 Å². The number of halogens is 2. The first kappa shape index (κ1) is 24.5. The van der Waals surface area contributed by atoms with Gasteiger partial charge in [-0.15, -0.1) is 24.0 Å². The molecule has 0 amide bonds. The third-order valence-corrected chi connectivity index (χ3v) is 4.55. The average molecular weight is 548 g/mol. The fraction of sp³-hybridized carbons (Fsp3) is 0.562. The van der Waals surface area contributed by atoms with Crippen molar-refractivity contribution in [1.29, 1.82) is 0 Å². The van der Waals surface area contributed by atoms with Gasteiger partial charge in [0.25, 0.3) is 0 Å². The first-order chi connectivity index (χ1) is 11.3. The van der Waals surface area contributed by atoms with Crippen molar-refractivity contribution in [2.45, 2.75) is 26.3 Å². The Morgan fingerprint density at radius 1 is 1.40 bits per heavy atom. The molecule has 0 spiro atoms. The fourth-order valence-corrected chi connectivity index (χ4v) is 3.05. The van der Waals surface area contributed by atoms with Gasteiger partial charge in [-0.1, -0.05) is 22.0 Å². The summed E-state index contributed by atoms with van der Waals surface area (Å²) in [6.07, 6.45) is 1.79. The predicted molar refractivity (Wildman–Crippen MR) is 118 cm³/mol. The molecule has 0 heterocycles. The van der Waals surface area contributed by atoms with Gasteiger partial charge in [0.15, 0.2) is 5.96 Å². The van der Waals surface area contributed by atoms with Crippen LogP contribution in [0.1, 0.15) is 20.3 Å². The van der Waals surface area contributed by atoms with E-state index >= 15 is 0 Å². The zero-order valence-electron chi connectivity index (χ0n) is 14.8. The molecule has 144 valence electrons. The standard InChI is InChI=1S/C16H26BrN3O3S.HI/c1-4-18-16(20-13(2)8-11-24(3,21)22)19-9-10-23-15-7-5-6-14(17)12-15;/h5-7,12-13H,4,8-11H2,1-3H3,(H2,18,19,20);1H. The van der Waals surface area contributed by atoms with Crippen LogP contribution in [-0.4, -0.2) is 52.1 Å². The first-order valence-corrected chi connectivity index (χ1v) is 10.8. The number of hydrogen-bond donors (Lipinski definition) is 2. The van der Waals surface area contributed by atoms with Crippen molar-refractivity contribution in [3.8, 4) is 5.75 Å². The summed E-state index contributed by atoms with van der Waals surface area (Å²) in [5.41, 5.74) is 0. The summed E-state index contributed by atoms with van der Waals surface area (Å²) < 4.78 is 29.1. The molecule has 1 aromatic rings. The van der Waals surface area contributed by atoms with Gasteiger partial charge in [0.2, 0.25) is 0 Å². The van der Waals surface area contributed by atoms with Crippen LogP contribution < -0.4 is 15.4 Å². The van der Waals surface area contributed by atoms with E-state index in [-0.39, 0.29) is 35.8 Å². The average Bonchev–Trinajstić information content (AvgIpc) is 2.49. The van der Waals surface area contributed by atoms with Gasteiger partial charge in [0.05, 0.1) is 12.3 Å². The van der Waals surface area contributed by atoms with E-state index in [9.17, 15) is 8.42 Å². The molecule has 1 unspecified atom stereocenters. The molecule has 2 N–H and O–H groups in total. The number of ether oxygens (including phenoxy) is 1. The molecule has 25 heavy (non-hydrogen) atoms. The monoisotopic (exact) mass is 547 g/mol. The van der Waals surface area contributed by atoms with Crippen LogP contribution in [0.15, 0.2) is 33.7 Å². The summed E-state index contributed by atoms with van der Waals surface area (Å²) in [7, 11) is -2.95. The highest BCUT2D eigenvalue weighted by Gasteiger charge is 2.09. The quantitative estimate of drug-likeness (QED) is 0.215. The minimum absolute atomic E-state index is 0. The third-order valence-electron chi connectivity index (χ3n) is 3.08. The zero-order valence-corrected chi connectivity index (χ0v) is 19.5. The first-order valence-electron chi connectivity index (χ1n) is 7.91. The van der Waals surface area contributed by atoms with E-state index in [1.165, 1.54) is 6.26 Å².